The molecular weight excluding hydrogens is 314 g/mol. The van der Waals surface area contributed by atoms with E-state index < -0.39 is 5.66 Å². The molecule has 0 radical (unpaired) electrons. The third-order valence-corrected chi connectivity index (χ3v) is 4.93. The van der Waals surface area contributed by atoms with Crippen LogP contribution in [0, 0.1) is 22.7 Å². The highest BCUT2D eigenvalue weighted by Gasteiger charge is 2.42. The zero-order valence-electron chi connectivity index (χ0n) is 14.6. The summed E-state index contributed by atoms with van der Waals surface area (Å²) in [5, 5.41) is 20.3. The molecule has 2 aliphatic rings. The van der Waals surface area contributed by atoms with Crippen LogP contribution < -0.4 is 5.32 Å². The third kappa shape index (κ3) is 2.78. The van der Waals surface area contributed by atoms with Crippen LogP contribution >= 0.6 is 0 Å². The van der Waals surface area contributed by atoms with Gasteiger partial charge in [-0.25, -0.2) is 4.79 Å². The molecule has 1 aromatic rings. The van der Waals surface area contributed by atoms with E-state index in [4.69, 9.17) is 10.7 Å². The van der Waals surface area contributed by atoms with Gasteiger partial charge in [-0.1, -0.05) is 36.4 Å². The Labute approximate surface area is 147 Å². The standard InChI is InChI=1S/C19H21N5O/c1-19(22-17(21)23(2)18(25)24(19)3)16-9-5-8-15(11-16)14-7-4-6-13(10-14)12-20/h4-5,7-11,13H,6H2,1-3H3,(H2,21,22). The van der Waals surface area contributed by atoms with E-state index in [0.717, 1.165) is 23.1 Å². The molecular formula is C19H21N5O. The first kappa shape index (κ1) is 16.8. The molecule has 1 aromatic carbocycles. The second-order valence-electron chi connectivity index (χ2n) is 6.52. The SMILES string of the molecule is CN1C(=N)NC(C)(c2cccc(C3=CC(C#N)CC=C3)c2)N(C)C1=O. The Hall–Kier alpha value is -3.07. The molecule has 25 heavy (non-hydrogen) atoms. The third-order valence-electron chi connectivity index (χ3n) is 4.93. The maximum atomic E-state index is 12.4. The molecule has 6 nitrogen and oxygen atoms in total. The summed E-state index contributed by atoms with van der Waals surface area (Å²) < 4.78 is 0. The summed E-state index contributed by atoms with van der Waals surface area (Å²) in [5.41, 5.74) is 2.06. The minimum Gasteiger partial charge on any atom is -0.329 e. The molecule has 128 valence electrons. The number of benzene rings is 1. The number of urea groups is 1. The van der Waals surface area contributed by atoms with Gasteiger partial charge in [-0.2, -0.15) is 5.26 Å². The summed E-state index contributed by atoms with van der Waals surface area (Å²) in [6.07, 6.45) is 6.74. The van der Waals surface area contributed by atoms with E-state index in [2.05, 4.69) is 11.4 Å². The second kappa shape index (κ2) is 6.10. The van der Waals surface area contributed by atoms with Crippen LogP contribution in [0.3, 0.4) is 0 Å². The zero-order valence-corrected chi connectivity index (χ0v) is 14.6. The van der Waals surface area contributed by atoms with E-state index >= 15 is 0 Å². The van der Waals surface area contributed by atoms with E-state index in [9.17, 15) is 4.79 Å². The van der Waals surface area contributed by atoms with Crippen molar-refractivity contribution >= 4 is 17.6 Å². The lowest BCUT2D eigenvalue weighted by Crippen LogP contribution is -2.67. The highest BCUT2D eigenvalue weighted by atomic mass is 16.2. The summed E-state index contributed by atoms with van der Waals surface area (Å²) in [6, 6.07) is 9.92. The van der Waals surface area contributed by atoms with Crippen molar-refractivity contribution in [2.45, 2.75) is 19.0 Å². The number of amides is 2. The van der Waals surface area contributed by atoms with Crippen molar-refractivity contribution < 1.29 is 4.79 Å². The number of nitrogens with one attached hydrogen (secondary N) is 2. The predicted octanol–water partition coefficient (Wildman–Crippen LogP) is 2.86. The maximum Gasteiger partial charge on any atom is 0.328 e. The molecule has 2 amide bonds. The Bertz CT molecular complexity index is 834. The van der Waals surface area contributed by atoms with Crippen LogP contribution in [-0.4, -0.2) is 35.9 Å². The van der Waals surface area contributed by atoms with Gasteiger partial charge < -0.3 is 10.2 Å². The van der Waals surface area contributed by atoms with Crippen molar-refractivity contribution in [3.8, 4) is 6.07 Å². The Balaban J connectivity index is 2.01. The van der Waals surface area contributed by atoms with E-state index in [1.54, 1.807) is 19.0 Å². The molecule has 3 rings (SSSR count). The Morgan fingerprint density at radius 1 is 1.40 bits per heavy atom. The summed E-state index contributed by atoms with van der Waals surface area (Å²) in [4.78, 5) is 15.3. The van der Waals surface area contributed by atoms with Crippen LogP contribution in [0.15, 0.2) is 42.5 Å². The fraction of sp³-hybridized carbons (Fsp3) is 0.316. The van der Waals surface area contributed by atoms with Gasteiger partial charge >= 0.3 is 6.03 Å². The van der Waals surface area contributed by atoms with Crippen LogP contribution in [0.5, 0.6) is 0 Å². The predicted molar refractivity (Wildman–Crippen MR) is 96.4 cm³/mol. The molecule has 2 atom stereocenters. The topological polar surface area (TPSA) is 83.2 Å². The number of hydrogen-bond donors (Lipinski definition) is 2. The van der Waals surface area contributed by atoms with Crippen LogP contribution in [-0.2, 0) is 5.66 Å². The summed E-state index contributed by atoms with van der Waals surface area (Å²) in [5.74, 6) is -0.0459. The first-order valence-corrected chi connectivity index (χ1v) is 8.14. The van der Waals surface area contributed by atoms with E-state index in [-0.39, 0.29) is 17.9 Å². The quantitative estimate of drug-likeness (QED) is 0.872. The highest BCUT2D eigenvalue weighted by Crippen LogP contribution is 2.31. The van der Waals surface area contributed by atoms with Crippen molar-refractivity contribution in [2.75, 3.05) is 14.1 Å². The monoisotopic (exact) mass is 335 g/mol. The van der Waals surface area contributed by atoms with Crippen LogP contribution in [0.1, 0.15) is 24.5 Å². The molecule has 2 unspecified atom stereocenters. The molecule has 1 fully saturated rings. The van der Waals surface area contributed by atoms with Gasteiger partial charge in [0, 0.05) is 14.1 Å². The molecule has 1 saturated heterocycles. The van der Waals surface area contributed by atoms with E-state index in [0.29, 0.717) is 0 Å². The minimum atomic E-state index is -0.815. The van der Waals surface area contributed by atoms with Gasteiger partial charge in [0.25, 0.3) is 0 Å². The van der Waals surface area contributed by atoms with Crippen molar-refractivity contribution in [2.24, 2.45) is 5.92 Å². The Morgan fingerprint density at radius 3 is 2.88 bits per heavy atom. The van der Waals surface area contributed by atoms with Gasteiger partial charge in [0.2, 0.25) is 5.96 Å². The smallest absolute Gasteiger partial charge is 0.328 e. The molecule has 1 heterocycles. The van der Waals surface area contributed by atoms with Crippen LogP contribution in [0.25, 0.3) is 5.57 Å². The lowest BCUT2D eigenvalue weighted by Gasteiger charge is -2.47. The lowest BCUT2D eigenvalue weighted by atomic mass is 9.90. The minimum absolute atomic E-state index is 0.0670. The van der Waals surface area contributed by atoms with Gasteiger partial charge in [0.1, 0.15) is 5.66 Å². The average molecular weight is 335 g/mol. The number of nitrogens with zero attached hydrogens (tertiary/aromatic N) is 3. The van der Waals surface area contributed by atoms with Crippen LogP contribution in [0.2, 0.25) is 0 Å². The molecule has 0 bridgehead atoms. The second-order valence-corrected chi connectivity index (χ2v) is 6.52. The van der Waals surface area contributed by atoms with E-state index in [1.807, 2.05) is 49.4 Å². The van der Waals surface area contributed by atoms with Crippen molar-refractivity contribution in [3.05, 3.63) is 53.6 Å². The maximum absolute atomic E-state index is 12.4. The molecule has 0 saturated carbocycles. The molecule has 6 heteroatoms. The van der Waals surface area contributed by atoms with Crippen LogP contribution in [0.4, 0.5) is 4.79 Å². The highest BCUT2D eigenvalue weighted by molar-refractivity contribution is 5.97. The summed E-state index contributed by atoms with van der Waals surface area (Å²) in [7, 11) is 3.29. The Morgan fingerprint density at radius 2 is 2.16 bits per heavy atom. The molecule has 1 aliphatic heterocycles. The number of carbonyl (C=O) groups excluding carboxylic acids is 1. The van der Waals surface area contributed by atoms with Crippen molar-refractivity contribution in [1.29, 1.82) is 10.7 Å². The van der Waals surface area contributed by atoms with Gasteiger partial charge in [0.15, 0.2) is 0 Å². The molecule has 0 aromatic heterocycles. The summed E-state index contributed by atoms with van der Waals surface area (Å²) >= 11 is 0. The first-order chi connectivity index (χ1) is 11.9. The number of allylic oxidation sites excluding steroid dienone is 4. The van der Waals surface area contributed by atoms with Crippen molar-refractivity contribution in [3.63, 3.8) is 0 Å². The first-order valence-electron chi connectivity index (χ1n) is 8.14. The Kier molecular flexibility index (Phi) is 4.09. The van der Waals surface area contributed by atoms with E-state index in [1.165, 1.54) is 4.90 Å². The zero-order chi connectivity index (χ0) is 18.2. The lowest BCUT2D eigenvalue weighted by molar-refractivity contribution is 0.0985. The normalized spacial score (nSPS) is 26.2. The number of carbonyl (C=O) groups is 1. The van der Waals surface area contributed by atoms with Gasteiger partial charge in [0.05, 0.1) is 12.0 Å². The number of guanidine groups is 1. The largest absolute Gasteiger partial charge is 0.329 e. The number of rotatable bonds is 2. The molecule has 1 aliphatic carbocycles. The van der Waals surface area contributed by atoms with Crippen molar-refractivity contribution in [1.82, 2.24) is 15.1 Å². The van der Waals surface area contributed by atoms with Gasteiger partial charge in [-0.05, 0) is 36.1 Å². The fourth-order valence-corrected chi connectivity index (χ4v) is 3.14. The van der Waals surface area contributed by atoms with Gasteiger partial charge in [-0.15, -0.1) is 0 Å². The number of hydrogen-bond acceptors (Lipinski definition) is 3. The number of nitriles is 1. The van der Waals surface area contributed by atoms with Gasteiger partial charge in [-0.3, -0.25) is 10.3 Å². The fourth-order valence-electron chi connectivity index (χ4n) is 3.14. The summed E-state index contributed by atoms with van der Waals surface area (Å²) in [6.45, 7) is 1.88. The average Bonchev–Trinajstić information content (AvgIpc) is 2.65. The molecule has 2 N–H and O–H groups in total. The molecule has 0 spiro atoms.